The number of halogens is 3. The molecule has 128 valence electrons. The summed E-state index contributed by atoms with van der Waals surface area (Å²) >= 11 is 0. The predicted octanol–water partition coefficient (Wildman–Crippen LogP) is 2.69. The fourth-order valence-corrected chi connectivity index (χ4v) is 2.28. The van der Waals surface area contributed by atoms with E-state index in [0.717, 1.165) is 5.56 Å². The highest BCUT2D eigenvalue weighted by molar-refractivity contribution is 5.95. The molecular weight excluding hydrogens is 321 g/mol. The first kappa shape index (κ1) is 17.8. The molecular formula is C17H17F3N2O2. The molecule has 2 rings (SSSR count). The number of alkyl halides is 3. The minimum Gasteiger partial charge on any atom is -0.343 e. The monoisotopic (exact) mass is 338 g/mol. The van der Waals surface area contributed by atoms with Crippen LogP contribution >= 0.6 is 0 Å². The first-order valence-corrected chi connectivity index (χ1v) is 7.37. The van der Waals surface area contributed by atoms with Crippen LogP contribution in [-0.2, 0) is 13.0 Å². The third kappa shape index (κ3) is 4.71. The summed E-state index contributed by atoms with van der Waals surface area (Å²) in [5.74, 6) is -1.01. The van der Waals surface area contributed by atoms with Crippen LogP contribution in [0.15, 0.2) is 47.4 Å². The standard InChI is InChI=1S/C17H17F3N2O2/c1-12-7-9-22(10-8-13-5-3-2-4-6-13)16(24)14(12)15(23)21-11-17(18,19)20/h2-7,9H,8,10-11H2,1H3,(H,21,23). The Labute approximate surface area is 136 Å². The zero-order valence-corrected chi connectivity index (χ0v) is 13.1. The summed E-state index contributed by atoms with van der Waals surface area (Å²) in [4.78, 5) is 24.3. The Morgan fingerprint density at radius 1 is 1.17 bits per heavy atom. The number of carbonyl (C=O) groups is 1. The van der Waals surface area contributed by atoms with E-state index in [-0.39, 0.29) is 5.56 Å². The van der Waals surface area contributed by atoms with E-state index in [9.17, 15) is 22.8 Å². The highest BCUT2D eigenvalue weighted by Gasteiger charge is 2.28. The van der Waals surface area contributed by atoms with Gasteiger partial charge in [0.1, 0.15) is 12.1 Å². The number of benzene rings is 1. The van der Waals surface area contributed by atoms with Gasteiger partial charge in [0, 0.05) is 12.7 Å². The largest absolute Gasteiger partial charge is 0.405 e. The maximum Gasteiger partial charge on any atom is 0.405 e. The minimum absolute atomic E-state index is 0.255. The summed E-state index contributed by atoms with van der Waals surface area (Å²) < 4.78 is 38.0. The number of nitrogens with one attached hydrogen (secondary N) is 1. The molecule has 2 aromatic rings. The predicted molar refractivity (Wildman–Crippen MR) is 84.0 cm³/mol. The van der Waals surface area contributed by atoms with Crippen LogP contribution in [0.2, 0.25) is 0 Å². The van der Waals surface area contributed by atoms with E-state index in [1.54, 1.807) is 17.6 Å². The lowest BCUT2D eigenvalue weighted by Crippen LogP contribution is -2.38. The molecule has 7 heteroatoms. The number of pyridine rings is 1. The maximum atomic E-state index is 12.4. The number of amides is 1. The van der Waals surface area contributed by atoms with E-state index in [1.807, 2.05) is 30.3 Å². The molecule has 4 nitrogen and oxygen atoms in total. The van der Waals surface area contributed by atoms with Crippen LogP contribution in [0.3, 0.4) is 0 Å². The normalized spacial score (nSPS) is 11.3. The van der Waals surface area contributed by atoms with E-state index in [4.69, 9.17) is 0 Å². The number of hydrogen-bond donors (Lipinski definition) is 1. The summed E-state index contributed by atoms with van der Waals surface area (Å²) in [6, 6.07) is 11.0. The van der Waals surface area contributed by atoms with Crippen molar-refractivity contribution >= 4 is 5.91 Å². The molecule has 0 aliphatic carbocycles. The zero-order valence-electron chi connectivity index (χ0n) is 13.1. The van der Waals surface area contributed by atoms with Gasteiger partial charge in [0.2, 0.25) is 0 Å². The van der Waals surface area contributed by atoms with Crippen molar-refractivity contribution in [1.29, 1.82) is 0 Å². The van der Waals surface area contributed by atoms with Crippen molar-refractivity contribution < 1.29 is 18.0 Å². The SMILES string of the molecule is Cc1ccn(CCc2ccccc2)c(=O)c1C(=O)NCC(F)(F)F. The van der Waals surface area contributed by atoms with Gasteiger partial charge in [0.05, 0.1) is 0 Å². The lowest BCUT2D eigenvalue weighted by atomic mass is 10.1. The number of carbonyl (C=O) groups excluding carboxylic acids is 1. The fourth-order valence-electron chi connectivity index (χ4n) is 2.28. The molecule has 1 amide bonds. The summed E-state index contributed by atoms with van der Waals surface area (Å²) in [5.41, 5.74) is 0.518. The molecule has 1 aromatic heterocycles. The second-order valence-corrected chi connectivity index (χ2v) is 5.41. The highest BCUT2D eigenvalue weighted by atomic mass is 19.4. The van der Waals surface area contributed by atoms with Crippen molar-refractivity contribution in [1.82, 2.24) is 9.88 Å². The van der Waals surface area contributed by atoms with Gasteiger partial charge in [-0.25, -0.2) is 0 Å². The summed E-state index contributed by atoms with van der Waals surface area (Å²) in [7, 11) is 0. The molecule has 1 N–H and O–H groups in total. The molecule has 0 aliphatic heterocycles. The first-order valence-electron chi connectivity index (χ1n) is 7.37. The van der Waals surface area contributed by atoms with Crippen LogP contribution in [0.5, 0.6) is 0 Å². The Morgan fingerprint density at radius 2 is 1.83 bits per heavy atom. The average molecular weight is 338 g/mol. The van der Waals surface area contributed by atoms with E-state index in [1.165, 1.54) is 11.5 Å². The molecule has 24 heavy (non-hydrogen) atoms. The Morgan fingerprint density at radius 3 is 2.46 bits per heavy atom. The first-order chi connectivity index (χ1) is 11.3. The Hall–Kier alpha value is -2.57. The molecule has 0 saturated heterocycles. The molecule has 0 atom stereocenters. The molecule has 0 spiro atoms. The van der Waals surface area contributed by atoms with Gasteiger partial charge in [-0.05, 0) is 30.5 Å². The van der Waals surface area contributed by atoms with Gasteiger partial charge >= 0.3 is 6.18 Å². The Balaban J connectivity index is 2.17. The van der Waals surface area contributed by atoms with Crippen LogP contribution in [0.4, 0.5) is 13.2 Å². The lowest BCUT2D eigenvalue weighted by Gasteiger charge is -2.12. The summed E-state index contributed by atoms with van der Waals surface area (Å²) in [6.07, 6.45) is -2.40. The summed E-state index contributed by atoms with van der Waals surface area (Å²) in [5, 5.41) is 1.74. The molecule has 0 aliphatic rings. The third-order valence-corrected chi connectivity index (χ3v) is 3.53. The zero-order chi connectivity index (χ0) is 17.7. The summed E-state index contributed by atoms with van der Waals surface area (Å²) in [6.45, 7) is 0.387. The van der Waals surface area contributed by atoms with E-state index < -0.39 is 24.2 Å². The van der Waals surface area contributed by atoms with Crippen molar-refractivity contribution in [3.63, 3.8) is 0 Å². The Kier molecular flexibility index (Phi) is 5.43. The van der Waals surface area contributed by atoms with Crippen molar-refractivity contribution in [2.24, 2.45) is 0 Å². The lowest BCUT2D eigenvalue weighted by molar-refractivity contribution is -0.123. The molecule has 0 radical (unpaired) electrons. The maximum absolute atomic E-state index is 12.4. The number of aromatic nitrogens is 1. The van der Waals surface area contributed by atoms with Crippen molar-refractivity contribution in [3.8, 4) is 0 Å². The van der Waals surface area contributed by atoms with Crippen LogP contribution in [-0.4, -0.2) is 23.2 Å². The molecule has 0 unspecified atom stereocenters. The molecule has 0 bridgehead atoms. The van der Waals surface area contributed by atoms with Crippen molar-refractivity contribution in [2.45, 2.75) is 26.1 Å². The van der Waals surface area contributed by atoms with Gasteiger partial charge in [-0.2, -0.15) is 13.2 Å². The van der Waals surface area contributed by atoms with Gasteiger partial charge in [-0.15, -0.1) is 0 Å². The molecule has 1 aromatic carbocycles. The topological polar surface area (TPSA) is 51.1 Å². The smallest absolute Gasteiger partial charge is 0.343 e. The molecule has 1 heterocycles. The van der Waals surface area contributed by atoms with Crippen LogP contribution < -0.4 is 10.9 Å². The third-order valence-electron chi connectivity index (χ3n) is 3.53. The van der Waals surface area contributed by atoms with E-state index in [2.05, 4.69) is 0 Å². The van der Waals surface area contributed by atoms with Crippen LogP contribution in [0, 0.1) is 6.92 Å². The second kappa shape index (κ2) is 7.33. The highest BCUT2D eigenvalue weighted by Crippen LogP contribution is 2.13. The van der Waals surface area contributed by atoms with Crippen LogP contribution in [0.1, 0.15) is 21.5 Å². The number of hydrogen-bond acceptors (Lipinski definition) is 2. The van der Waals surface area contributed by atoms with Crippen molar-refractivity contribution in [3.05, 3.63) is 69.6 Å². The number of rotatable bonds is 5. The van der Waals surface area contributed by atoms with Gasteiger partial charge in [-0.3, -0.25) is 9.59 Å². The van der Waals surface area contributed by atoms with E-state index in [0.29, 0.717) is 18.5 Å². The van der Waals surface area contributed by atoms with Gasteiger partial charge < -0.3 is 9.88 Å². The molecule has 0 fully saturated rings. The van der Waals surface area contributed by atoms with Crippen molar-refractivity contribution in [2.75, 3.05) is 6.54 Å². The van der Waals surface area contributed by atoms with Crippen LogP contribution in [0.25, 0.3) is 0 Å². The second-order valence-electron chi connectivity index (χ2n) is 5.41. The van der Waals surface area contributed by atoms with E-state index >= 15 is 0 Å². The van der Waals surface area contributed by atoms with Gasteiger partial charge in [0.25, 0.3) is 11.5 Å². The Bertz CT molecular complexity index is 768. The van der Waals surface area contributed by atoms with Gasteiger partial charge in [0.15, 0.2) is 0 Å². The van der Waals surface area contributed by atoms with Gasteiger partial charge in [-0.1, -0.05) is 30.3 Å². The number of nitrogens with zero attached hydrogens (tertiary/aromatic N) is 1. The fraction of sp³-hybridized carbons (Fsp3) is 0.294. The average Bonchev–Trinajstić information content (AvgIpc) is 2.52. The molecule has 0 saturated carbocycles. The number of aryl methyl sites for hydroxylation is 3. The minimum atomic E-state index is -4.52. The quantitative estimate of drug-likeness (QED) is 0.911.